The van der Waals surface area contributed by atoms with Crippen LogP contribution in [0, 0.1) is 13.8 Å². The number of rotatable bonds is 8. The van der Waals surface area contributed by atoms with Gasteiger partial charge in [0.1, 0.15) is 11.5 Å². The van der Waals surface area contributed by atoms with Crippen molar-refractivity contribution in [2.24, 2.45) is 0 Å². The van der Waals surface area contributed by atoms with Crippen LogP contribution in [0.1, 0.15) is 54.7 Å². The topological polar surface area (TPSA) is 110 Å². The van der Waals surface area contributed by atoms with Gasteiger partial charge in [0.2, 0.25) is 0 Å². The monoisotopic (exact) mass is 442 g/mol. The molecule has 1 atom stereocenters. The highest BCUT2D eigenvalue weighted by Gasteiger charge is 2.31. The normalized spacial score (nSPS) is 14.5. The zero-order valence-corrected chi connectivity index (χ0v) is 19.4. The Morgan fingerprint density at radius 3 is 2.73 bits per heavy atom. The van der Waals surface area contributed by atoms with E-state index in [0.29, 0.717) is 17.8 Å². The lowest BCUT2D eigenvalue weighted by Gasteiger charge is -2.16. The molecule has 170 valence electrons. The summed E-state index contributed by atoms with van der Waals surface area (Å²) in [7, 11) is 0. The molecule has 33 heavy (non-hydrogen) atoms. The van der Waals surface area contributed by atoms with Crippen molar-refractivity contribution in [2.75, 3.05) is 5.73 Å². The molecule has 0 saturated heterocycles. The van der Waals surface area contributed by atoms with Crippen molar-refractivity contribution < 1.29 is 0 Å². The van der Waals surface area contributed by atoms with Gasteiger partial charge in [-0.1, -0.05) is 12.6 Å². The molecule has 0 radical (unpaired) electrons. The summed E-state index contributed by atoms with van der Waals surface area (Å²) in [5, 5.41) is 7.84. The summed E-state index contributed by atoms with van der Waals surface area (Å²) in [5.41, 5.74) is 14.4. The van der Waals surface area contributed by atoms with Gasteiger partial charge in [-0.2, -0.15) is 9.61 Å². The number of nitrogens with two attached hydrogens (primary N) is 1. The van der Waals surface area contributed by atoms with Crippen LogP contribution in [-0.4, -0.2) is 35.6 Å². The fraction of sp³-hybridized carbons (Fsp3) is 0.360. The van der Waals surface area contributed by atoms with Gasteiger partial charge in [0, 0.05) is 34.6 Å². The molecule has 8 nitrogen and oxygen atoms in total. The standard InChI is InChI=1S/C25H30N8/c1-5-27-14(2)6-10-20-22(17-7-8-17)23(26)33-25(32-20)19(13-29-33)18-9-11-21(28-12-18)24-30-15(3)16(4)31-24/h5,9,11-14,17,27H,1,6-8,10,26H2,2-4H3,(H,30,31). The minimum Gasteiger partial charge on any atom is -0.389 e. The van der Waals surface area contributed by atoms with Crippen LogP contribution in [-0.2, 0) is 6.42 Å². The fourth-order valence-electron chi connectivity index (χ4n) is 4.29. The molecule has 4 aromatic heterocycles. The molecule has 1 fully saturated rings. The van der Waals surface area contributed by atoms with Gasteiger partial charge in [-0.15, -0.1) is 0 Å². The summed E-state index contributed by atoms with van der Waals surface area (Å²) < 4.78 is 1.78. The van der Waals surface area contributed by atoms with E-state index in [0.717, 1.165) is 71.1 Å². The van der Waals surface area contributed by atoms with Crippen molar-refractivity contribution in [3.8, 4) is 22.6 Å². The molecule has 1 aliphatic carbocycles. The summed E-state index contributed by atoms with van der Waals surface area (Å²) in [4.78, 5) is 17.6. The highest BCUT2D eigenvalue weighted by Crippen LogP contribution is 2.45. The maximum atomic E-state index is 6.63. The lowest BCUT2D eigenvalue weighted by atomic mass is 10.0. The third-order valence-electron chi connectivity index (χ3n) is 6.45. The van der Waals surface area contributed by atoms with Crippen molar-refractivity contribution in [3.05, 3.63) is 60.0 Å². The number of aromatic amines is 1. The van der Waals surface area contributed by atoms with Crippen LogP contribution < -0.4 is 11.1 Å². The Hall–Kier alpha value is -3.68. The molecule has 4 heterocycles. The first kappa shape index (κ1) is 21.2. The highest BCUT2D eigenvalue weighted by atomic mass is 15.3. The number of nitrogens with zero attached hydrogens (tertiary/aromatic N) is 5. The lowest BCUT2D eigenvalue weighted by molar-refractivity contribution is 0.581. The van der Waals surface area contributed by atoms with E-state index < -0.39 is 0 Å². The predicted molar refractivity (Wildman–Crippen MR) is 131 cm³/mol. The minimum absolute atomic E-state index is 0.323. The second-order valence-corrected chi connectivity index (χ2v) is 8.96. The van der Waals surface area contributed by atoms with Gasteiger partial charge in [0.25, 0.3) is 0 Å². The van der Waals surface area contributed by atoms with Crippen LogP contribution >= 0.6 is 0 Å². The van der Waals surface area contributed by atoms with E-state index >= 15 is 0 Å². The van der Waals surface area contributed by atoms with Crippen LogP contribution in [0.2, 0.25) is 0 Å². The number of aryl methyl sites for hydroxylation is 3. The molecule has 0 spiro atoms. The van der Waals surface area contributed by atoms with E-state index in [1.165, 1.54) is 5.56 Å². The smallest absolute Gasteiger partial charge is 0.165 e. The quantitative estimate of drug-likeness (QED) is 0.375. The van der Waals surface area contributed by atoms with Crippen LogP contribution in [0.15, 0.2) is 37.3 Å². The molecule has 1 unspecified atom stereocenters. The largest absolute Gasteiger partial charge is 0.389 e. The van der Waals surface area contributed by atoms with Crippen molar-refractivity contribution in [1.29, 1.82) is 0 Å². The Labute approximate surface area is 193 Å². The van der Waals surface area contributed by atoms with Gasteiger partial charge in [-0.3, -0.25) is 4.98 Å². The number of nitrogen functional groups attached to an aromatic ring is 1. The third-order valence-corrected chi connectivity index (χ3v) is 6.45. The molecule has 0 aromatic carbocycles. The summed E-state index contributed by atoms with van der Waals surface area (Å²) in [6.45, 7) is 9.92. The molecule has 4 N–H and O–H groups in total. The number of imidazole rings is 1. The van der Waals surface area contributed by atoms with Gasteiger partial charge >= 0.3 is 0 Å². The second kappa shape index (κ2) is 8.35. The maximum absolute atomic E-state index is 6.63. The highest BCUT2D eigenvalue weighted by molar-refractivity contribution is 5.79. The maximum Gasteiger partial charge on any atom is 0.165 e. The third kappa shape index (κ3) is 3.97. The van der Waals surface area contributed by atoms with E-state index in [1.807, 2.05) is 38.4 Å². The average Bonchev–Trinajstić information content (AvgIpc) is 3.45. The lowest BCUT2D eigenvalue weighted by Crippen LogP contribution is -2.21. The van der Waals surface area contributed by atoms with E-state index in [9.17, 15) is 0 Å². The second-order valence-electron chi connectivity index (χ2n) is 8.96. The molecule has 4 aromatic rings. The Morgan fingerprint density at radius 2 is 2.09 bits per heavy atom. The molecule has 0 aliphatic heterocycles. The molecule has 5 rings (SSSR count). The van der Waals surface area contributed by atoms with Crippen molar-refractivity contribution in [1.82, 2.24) is 34.9 Å². The van der Waals surface area contributed by atoms with E-state index in [2.05, 4.69) is 38.9 Å². The fourth-order valence-corrected chi connectivity index (χ4v) is 4.29. The average molecular weight is 443 g/mol. The summed E-state index contributed by atoms with van der Waals surface area (Å²) in [6, 6.07) is 4.33. The zero-order chi connectivity index (χ0) is 23.1. The minimum atomic E-state index is 0.323. The number of nitrogens with one attached hydrogen (secondary N) is 2. The predicted octanol–water partition coefficient (Wildman–Crippen LogP) is 4.31. The van der Waals surface area contributed by atoms with E-state index in [-0.39, 0.29) is 0 Å². The van der Waals surface area contributed by atoms with Crippen LogP contribution in [0.3, 0.4) is 0 Å². The van der Waals surface area contributed by atoms with Gasteiger partial charge in [0.15, 0.2) is 11.5 Å². The van der Waals surface area contributed by atoms with Crippen molar-refractivity contribution >= 4 is 11.5 Å². The SMILES string of the molecule is C=CNC(C)CCc1nc2c(-c3ccc(-c4nc(C)c(C)[nH]4)nc3)cnn2c(N)c1C1CC1. The zero-order valence-electron chi connectivity index (χ0n) is 19.4. The Bertz CT molecular complexity index is 1290. The first-order valence-electron chi connectivity index (χ1n) is 11.5. The molecule has 1 aliphatic rings. The Balaban J connectivity index is 1.52. The number of pyridine rings is 1. The number of aromatic nitrogens is 6. The number of fused-ring (bicyclic) bond motifs is 1. The molecule has 8 heteroatoms. The molecular weight excluding hydrogens is 412 g/mol. The van der Waals surface area contributed by atoms with Crippen LogP contribution in [0.25, 0.3) is 28.3 Å². The van der Waals surface area contributed by atoms with E-state index in [1.54, 1.807) is 10.7 Å². The molecular formula is C25H30N8. The summed E-state index contributed by atoms with van der Waals surface area (Å²) >= 11 is 0. The Morgan fingerprint density at radius 1 is 1.27 bits per heavy atom. The van der Waals surface area contributed by atoms with Crippen molar-refractivity contribution in [3.63, 3.8) is 0 Å². The Kier molecular flexibility index (Phi) is 5.36. The van der Waals surface area contributed by atoms with E-state index in [4.69, 9.17) is 10.7 Å². The van der Waals surface area contributed by atoms with Gasteiger partial charge in [-0.25, -0.2) is 9.97 Å². The van der Waals surface area contributed by atoms with Gasteiger partial charge in [0.05, 0.1) is 17.6 Å². The summed E-state index contributed by atoms with van der Waals surface area (Å²) in [6.07, 6.45) is 9.56. The number of anilines is 1. The number of hydrogen-bond acceptors (Lipinski definition) is 6. The van der Waals surface area contributed by atoms with Crippen LogP contribution in [0.5, 0.6) is 0 Å². The van der Waals surface area contributed by atoms with Crippen LogP contribution in [0.4, 0.5) is 5.82 Å². The summed E-state index contributed by atoms with van der Waals surface area (Å²) in [5.74, 6) is 1.98. The van der Waals surface area contributed by atoms with Gasteiger partial charge < -0.3 is 16.0 Å². The molecule has 0 bridgehead atoms. The van der Waals surface area contributed by atoms with Crippen molar-refractivity contribution in [2.45, 2.75) is 58.4 Å². The molecule has 0 amide bonds. The number of hydrogen-bond donors (Lipinski definition) is 3. The molecule has 1 saturated carbocycles. The van der Waals surface area contributed by atoms with Gasteiger partial charge in [-0.05, 0) is 64.6 Å². The first-order valence-corrected chi connectivity index (χ1v) is 11.5. The number of H-pyrrole nitrogens is 1. The first-order chi connectivity index (χ1) is 16.0.